The molecule has 0 bridgehead atoms. The minimum Gasteiger partial charge on any atom is -0.320 e. The fraction of sp³-hybridized carbons (Fsp3) is 0.0909. The van der Waals surface area contributed by atoms with Gasteiger partial charge in [-0.3, -0.25) is 4.79 Å². The minimum absolute atomic E-state index is 0.0305. The van der Waals surface area contributed by atoms with Gasteiger partial charge in [0.25, 0.3) is 5.91 Å². The Hall–Kier alpha value is -0.770. The quantitative estimate of drug-likeness (QED) is 0.795. The number of nitrogens with one attached hydrogen (secondary N) is 1. The lowest BCUT2D eigenvalue weighted by Gasteiger charge is -2.03. The smallest absolute Gasteiger partial charge is 0.265 e. The van der Waals surface area contributed by atoms with Gasteiger partial charge in [-0.1, -0.05) is 0 Å². The first-order chi connectivity index (χ1) is 9.27. The van der Waals surface area contributed by atoms with Crippen molar-refractivity contribution in [2.45, 2.75) is 5.03 Å². The summed E-state index contributed by atoms with van der Waals surface area (Å²) in [5.41, 5.74) is 0.433. The SMILES string of the molecule is CS(=O)(=O)c1ccc(NC(=O)c2cc(Br)c(Br)s2)cn1. The van der Waals surface area contributed by atoms with Crippen molar-refractivity contribution in [3.63, 3.8) is 0 Å². The number of carbonyl (C=O) groups is 1. The number of carbonyl (C=O) groups excluding carboxylic acids is 1. The van der Waals surface area contributed by atoms with E-state index in [4.69, 9.17) is 0 Å². The van der Waals surface area contributed by atoms with Crippen molar-refractivity contribution >= 4 is 64.6 Å². The Labute approximate surface area is 136 Å². The standard InChI is InChI=1S/C11H8Br2N2O3S2/c1-20(17,18)9-3-2-6(5-14-9)15-11(16)8-4-7(12)10(13)19-8/h2-5H,1H3,(H,15,16). The van der Waals surface area contributed by atoms with Gasteiger partial charge in [-0.2, -0.15) is 0 Å². The molecule has 2 rings (SSSR count). The molecule has 0 aliphatic rings. The number of anilines is 1. The van der Waals surface area contributed by atoms with Crippen LogP contribution in [0.15, 0.2) is 37.7 Å². The number of pyridine rings is 1. The van der Waals surface area contributed by atoms with E-state index < -0.39 is 9.84 Å². The van der Waals surface area contributed by atoms with Crippen LogP contribution in [0.1, 0.15) is 9.67 Å². The number of aromatic nitrogens is 1. The highest BCUT2D eigenvalue weighted by atomic mass is 79.9. The van der Waals surface area contributed by atoms with Crippen molar-refractivity contribution < 1.29 is 13.2 Å². The first-order valence-corrected chi connectivity index (χ1v) is 9.49. The number of sulfone groups is 1. The largest absolute Gasteiger partial charge is 0.320 e. The van der Waals surface area contributed by atoms with Crippen LogP contribution in [-0.4, -0.2) is 25.6 Å². The van der Waals surface area contributed by atoms with E-state index in [2.05, 4.69) is 42.2 Å². The van der Waals surface area contributed by atoms with Gasteiger partial charge in [0.2, 0.25) is 0 Å². The number of rotatable bonds is 3. The number of thiophene rings is 1. The van der Waals surface area contributed by atoms with E-state index in [1.54, 1.807) is 6.07 Å². The molecule has 0 spiro atoms. The highest BCUT2D eigenvalue weighted by Crippen LogP contribution is 2.32. The first kappa shape index (κ1) is 15.6. The molecule has 106 valence electrons. The van der Waals surface area contributed by atoms with Crippen LogP contribution in [0, 0.1) is 0 Å². The predicted octanol–water partition coefficient (Wildman–Crippen LogP) is 3.32. The molecule has 0 unspecified atom stereocenters. The third kappa shape index (κ3) is 3.66. The lowest BCUT2D eigenvalue weighted by Crippen LogP contribution is -2.10. The Morgan fingerprint density at radius 3 is 2.50 bits per heavy atom. The normalized spacial score (nSPS) is 11.3. The first-order valence-electron chi connectivity index (χ1n) is 5.19. The zero-order chi connectivity index (χ0) is 14.9. The topological polar surface area (TPSA) is 76.1 Å². The summed E-state index contributed by atoms with van der Waals surface area (Å²) in [4.78, 5) is 16.3. The van der Waals surface area contributed by atoms with E-state index in [1.807, 2.05) is 0 Å². The van der Waals surface area contributed by atoms with Crippen LogP contribution in [0.25, 0.3) is 0 Å². The van der Waals surface area contributed by atoms with Gasteiger partial charge in [0.1, 0.15) is 0 Å². The fourth-order valence-electron chi connectivity index (χ4n) is 1.32. The third-order valence-electron chi connectivity index (χ3n) is 2.24. The number of nitrogens with zero attached hydrogens (tertiary/aromatic N) is 1. The number of halogens is 2. The van der Waals surface area contributed by atoms with Gasteiger partial charge in [0.15, 0.2) is 14.9 Å². The summed E-state index contributed by atoms with van der Waals surface area (Å²) in [6.45, 7) is 0. The van der Waals surface area contributed by atoms with E-state index in [1.165, 1.54) is 29.7 Å². The summed E-state index contributed by atoms with van der Waals surface area (Å²) in [6.07, 6.45) is 2.39. The zero-order valence-corrected chi connectivity index (χ0v) is 14.9. The molecule has 1 amide bonds. The predicted molar refractivity (Wildman–Crippen MR) is 85.0 cm³/mol. The fourth-order valence-corrected chi connectivity index (χ4v) is 3.82. The van der Waals surface area contributed by atoms with Crippen molar-refractivity contribution in [2.24, 2.45) is 0 Å². The van der Waals surface area contributed by atoms with Crippen molar-refractivity contribution in [3.8, 4) is 0 Å². The van der Waals surface area contributed by atoms with Gasteiger partial charge in [-0.05, 0) is 50.1 Å². The van der Waals surface area contributed by atoms with Crippen LogP contribution in [0.3, 0.4) is 0 Å². The van der Waals surface area contributed by atoms with Gasteiger partial charge in [-0.25, -0.2) is 13.4 Å². The highest BCUT2D eigenvalue weighted by Gasteiger charge is 2.13. The molecule has 0 fully saturated rings. The molecule has 0 aliphatic carbocycles. The Balaban J connectivity index is 2.16. The second-order valence-corrected chi connectivity index (χ2v) is 9.03. The Morgan fingerprint density at radius 2 is 2.05 bits per heavy atom. The molecule has 0 saturated heterocycles. The molecule has 1 N–H and O–H groups in total. The van der Waals surface area contributed by atoms with Crippen molar-refractivity contribution in [1.29, 1.82) is 0 Å². The maximum atomic E-state index is 12.0. The van der Waals surface area contributed by atoms with Crippen molar-refractivity contribution in [1.82, 2.24) is 4.98 Å². The van der Waals surface area contributed by atoms with Crippen molar-refractivity contribution in [3.05, 3.63) is 37.5 Å². The Bertz CT molecular complexity index is 735. The molecular formula is C11H8Br2N2O3S2. The molecular weight excluding hydrogens is 432 g/mol. The van der Waals surface area contributed by atoms with E-state index in [9.17, 15) is 13.2 Å². The summed E-state index contributed by atoms with van der Waals surface area (Å²) in [7, 11) is -3.34. The molecule has 0 aromatic carbocycles. The van der Waals surface area contributed by atoms with E-state index in [0.717, 1.165) is 14.5 Å². The average molecular weight is 440 g/mol. The van der Waals surface area contributed by atoms with Crippen LogP contribution < -0.4 is 5.32 Å². The molecule has 20 heavy (non-hydrogen) atoms. The Kier molecular flexibility index (Phi) is 4.62. The zero-order valence-electron chi connectivity index (χ0n) is 10.1. The van der Waals surface area contributed by atoms with E-state index >= 15 is 0 Å². The summed E-state index contributed by atoms with van der Waals surface area (Å²) < 4.78 is 24.2. The second-order valence-electron chi connectivity index (χ2n) is 3.84. The summed E-state index contributed by atoms with van der Waals surface area (Å²) in [5, 5.41) is 2.62. The van der Waals surface area contributed by atoms with Crippen LogP contribution in [0.2, 0.25) is 0 Å². The molecule has 2 heterocycles. The lowest BCUT2D eigenvalue weighted by molar-refractivity contribution is 0.103. The van der Waals surface area contributed by atoms with Crippen LogP contribution in [-0.2, 0) is 9.84 Å². The lowest BCUT2D eigenvalue weighted by atomic mass is 10.4. The Morgan fingerprint density at radius 1 is 1.35 bits per heavy atom. The van der Waals surface area contributed by atoms with Gasteiger partial charge in [-0.15, -0.1) is 11.3 Å². The van der Waals surface area contributed by atoms with Crippen LogP contribution in [0.4, 0.5) is 5.69 Å². The van der Waals surface area contributed by atoms with Gasteiger partial charge in [0.05, 0.1) is 20.5 Å². The molecule has 0 atom stereocenters. The number of hydrogen-bond donors (Lipinski definition) is 1. The molecule has 0 radical (unpaired) electrons. The van der Waals surface area contributed by atoms with E-state index in [-0.39, 0.29) is 10.9 Å². The molecule has 5 nitrogen and oxygen atoms in total. The second kappa shape index (κ2) is 5.92. The minimum atomic E-state index is -3.34. The number of hydrogen-bond acceptors (Lipinski definition) is 5. The maximum absolute atomic E-state index is 12.0. The van der Waals surface area contributed by atoms with Crippen molar-refractivity contribution in [2.75, 3.05) is 11.6 Å². The number of amides is 1. The van der Waals surface area contributed by atoms with E-state index in [0.29, 0.717) is 10.6 Å². The highest BCUT2D eigenvalue weighted by molar-refractivity contribution is 9.13. The van der Waals surface area contributed by atoms with Gasteiger partial charge >= 0.3 is 0 Å². The molecule has 9 heteroatoms. The summed E-state index contributed by atoms with van der Waals surface area (Å²) in [6, 6.07) is 4.55. The van der Waals surface area contributed by atoms with Crippen LogP contribution >= 0.6 is 43.2 Å². The molecule has 0 aliphatic heterocycles. The molecule has 2 aromatic rings. The molecule has 0 saturated carbocycles. The maximum Gasteiger partial charge on any atom is 0.265 e. The molecule has 2 aromatic heterocycles. The van der Waals surface area contributed by atoms with Gasteiger partial charge in [0, 0.05) is 10.7 Å². The summed E-state index contributed by atoms with van der Waals surface area (Å²) >= 11 is 7.91. The van der Waals surface area contributed by atoms with Gasteiger partial charge < -0.3 is 5.32 Å². The summed E-state index contributed by atoms with van der Waals surface area (Å²) in [5.74, 6) is -0.282. The van der Waals surface area contributed by atoms with Crippen LogP contribution in [0.5, 0.6) is 0 Å². The third-order valence-corrected chi connectivity index (χ3v) is 6.50. The monoisotopic (exact) mass is 438 g/mol. The average Bonchev–Trinajstić information content (AvgIpc) is 2.69.